The molecule has 10 heteroatoms. The highest BCUT2D eigenvalue weighted by Crippen LogP contribution is 2.39. The van der Waals surface area contributed by atoms with Gasteiger partial charge in [-0.1, -0.05) is 28.0 Å². The number of aliphatic carboxylic acids is 1. The molecule has 124 valence electrons. The van der Waals surface area contributed by atoms with Crippen LogP contribution in [0.1, 0.15) is 32.1 Å². The average molecular weight is 359 g/mol. The summed E-state index contributed by atoms with van der Waals surface area (Å²) < 4.78 is 30.1. The van der Waals surface area contributed by atoms with E-state index in [0.29, 0.717) is 11.7 Å². The molecule has 3 atom stereocenters. The molecule has 1 fully saturated rings. The van der Waals surface area contributed by atoms with E-state index in [0.717, 1.165) is 19.3 Å². The summed E-state index contributed by atoms with van der Waals surface area (Å²) in [5.41, 5.74) is 0. The molecule has 0 amide bonds. The Kier molecular flexibility index (Phi) is 8.35. The summed E-state index contributed by atoms with van der Waals surface area (Å²) in [6.07, 6.45) is 3.18. The van der Waals surface area contributed by atoms with Crippen molar-refractivity contribution in [3.8, 4) is 0 Å². The van der Waals surface area contributed by atoms with E-state index in [9.17, 15) is 18.3 Å². The third kappa shape index (κ3) is 8.89. The Balaban J connectivity index is 2.23. The molecule has 0 aromatic heterocycles. The predicted molar refractivity (Wildman–Crippen MR) is 83.9 cm³/mol. The molecule has 0 aliphatic carbocycles. The Hall–Kier alpha value is -0.000000000000000222. The van der Waals surface area contributed by atoms with E-state index in [1.807, 2.05) is 21.6 Å². The fraction of sp³-hybridized carbons (Fsp3) is 0.909. The number of aliphatic hydroxyl groups is 1. The minimum absolute atomic E-state index is 0.347. The molecule has 4 N–H and O–H groups in total. The van der Waals surface area contributed by atoms with Crippen molar-refractivity contribution in [1.29, 1.82) is 0 Å². The van der Waals surface area contributed by atoms with Gasteiger partial charge in [-0.25, -0.2) is 0 Å². The first kappa shape index (κ1) is 19.0. The maximum atomic E-state index is 10.9. The highest BCUT2D eigenvalue weighted by Gasteiger charge is 2.25. The van der Waals surface area contributed by atoms with Crippen molar-refractivity contribution in [2.24, 2.45) is 0 Å². The molecule has 1 aliphatic rings. The molecule has 1 rings (SSSR count). The van der Waals surface area contributed by atoms with Crippen LogP contribution in [0.2, 0.25) is 0 Å². The van der Waals surface area contributed by atoms with E-state index in [4.69, 9.17) is 9.66 Å². The van der Waals surface area contributed by atoms with Crippen LogP contribution in [0, 0.1) is 0 Å². The van der Waals surface area contributed by atoms with Gasteiger partial charge in [-0.15, -0.1) is 0 Å². The number of nitrogens with one attached hydrogen (secondary N) is 1. The zero-order chi connectivity index (χ0) is 15.9. The van der Waals surface area contributed by atoms with Crippen molar-refractivity contribution in [2.45, 2.75) is 49.6 Å². The maximum absolute atomic E-state index is 10.9. The molecule has 1 aliphatic heterocycles. The van der Waals surface area contributed by atoms with Crippen molar-refractivity contribution in [2.75, 3.05) is 11.5 Å². The van der Waals surface area contributed by atoms with E-state index < -0.39 is 34.1 Å². The fourth-order valence-electron chi connectivity index (χ4n) is 1.99. The van der Waals surface area contributed by atoms with E-state index in [1.54, 1.807) is 0 Å². The van der Waals surface area contributed by atoms with Crippen LogP contribution in [0.3, 0.4) is 0 Å². The van der Waals surface area contributed by atoms with Crippen molar-refractivity contribution in [3.05, 3.63) is 0 Å². The second kappa shape index (κ2) is 9.21. The number of aliphatic hydroxyl groups excluding tert-OH is 1. The van der Waals surface area contributed by atoms with Gasteiger partial charge in [-0.2, -0.15) is 8.42 Å². The lowest BCUT2D eigenvalue weighted by molar-refractivity contribution is -0.140. The highest BCUT2D eigenvalue weighted by molar-refractivity contribution is 8.77. The minimum Gasteiger partial charge on any atom is -0.480 e. The zero-order valence-electron chi connectivity index (χ0n) is 11.5. The predicted octanol–water partition coefficient (Wildman–Crippen LogP) is 0.950. The first-order valence-corrected chi connectivity index (χ1v) is 10.7. The highest BCUT2D eigenvalue weighted by atomic mass is 33.1. The summed E-state index contributed by atoms with van der Waals surface area (Å²) in [6.45, 7) is 0. The lowest BCUT2D eigenvalue weighted by Crippen LogP contribution is -2.47. The Morgan fingerprint density at radius 2 is 2.10 bits per heavy atom. The average Bonchev–Trinajstić information content (AvgIpc) is 2.85. The van der Waals surface area contributed by atoms with Crippen molar-refractivity contribution in [1.82, 2.24) is 5.32 Å². The molecule has 0 spiro atoms. The first-order valence-electron chi connectivity index (χ1n) is 6.68. The van der Waals surface area contributed by atoms with Gasteiger partial charge in [0.25, 0.3) is 10.1 Å². The number of hydrogen-bond donors (Lipinski definition) is 4. The minimum atomic E-state index is -4.41. The Morgan fingerprint density at radius 1 is 1.38 bits per heavy atom. The molecule has 0 bridgehead atoms. The number of carboxylic acid groups (broad SMARTS) is 1. The molecule has 7 nitrogen and oxygen atoms in total. The largest absolute Gasteiger partial charge is 0.480 e. The third-order valence-electron chi connectivity index (χ3n) is 3.05. The number of unbranched alkanes of at least 4 members (excludes halogenated alkanes) is 1. The van der Waals surface area contributed by atoms with Gasteiger partial charge in [0.1, 0.15) is 18.0 Å². The van der Waals surface area contributed by atoms with Crippen LogP contribution < -0.4 is 5.32 Å². The molecule has 21 heavy (non-hydrogen) atoms. The Morgan fingerprint density at radius 3 is 2.62 bits per heavy atom. The molecule has 0 aromatic carbocycles. The maximum Gasteiger partial charge on any atom is 0.321 e. The van der Waals surface area contributed by atoms with Gasteiger partial charge in [0.15, 0.2) is 0 Å². The number of hydrogen-bond acceptors (Lipinski definition) is 7. The topological polar surface area (TPSA) is 124 Å². The summed E-state index contributed by atoms with van der Waals surface area (Å²) in [5, 5.41) is 21.5. The summed E-state index contributed by atoms with van der Waals surface area (Å²) in [6, 6.07) is -1.52. The lowest BCUT2D eigenvalue weighted by atomic mass is 10.1. The van der Waals surface area contributed by atoms with Gasteiger partial charge >= 0.3 is 5.97 Å². The van der Waals surface area contributed by atoms with E-state index >= 15 is 0 Å². The van der Waals surface area contributed by atoms with Gasteiger partial charge in [-0.3, -0.25) is 14.7 Å². The molecule has 0 aromatic rings. The zero-order valence-corrected chi connectivity index (χ0v) is 13.9. The lowest BCUT2D eigenvalue weighted by Gasteiger charge is -2.18. The molecule has 0 radical (unpaired) electrons. The standard InChI is InChI=1S/C11H21NO6S3/c13-10(4-2-1-3-8-5-6-19-20-8)12-9(11(14)15)7-21(16,17)18/h8-10,12-13H,1-7H2,(H,14,15)(H,16,17,18). The Labute approximate surface area is 132 Å². The van der Waals surface area contributed by atoms with Crippen LogP contribution in [0.25, 0.3) is 0 Å². The van der Waals surface area contributed by atoms with Crippen LogP contribution >= 0.6 is 21.6 Å². The molecule has 0 saturated carbocycles. The molecular formula is C11H21NO6S3. The Bertz CT molecular complexity index is 424. The van der Waals surface area contributed by atoms with Gasteiger partial charge in [0.05, 0.1) is 0 Å². The van der Waals surface area contributed by atoms with Crippen LogP contribution in [-0.4, -0.2) is 58.2 Å². The summed E-state index contributed by atoms with van der Waals surface area (Å²) in [7, 11) is -0.649. The van der Waals surface area contributed by atoms with Gasteiger partial charge in [0, 0.05) is 11.0 Å². The molecule has 1 saturated heterocycles. The first-order chi connectivity index (χ1) is 9.78. The summed E-state index contributed by atoms with van der Waals surface area (Å²) in [5.74, 6) is -1.21. The quantitative estimate of drug-likeness (QED) is 0.195. The fourth-order valence-corrected chi connectivity index (χ4v) is 5.68. The second-order valence-electron chi connectivity index (χ2n) is 4.94. The summed E-state index contributed by atoms with van der Waals surface area (Å²) in [4.78, 5) is 10.9. The van der Waals surface area contributed by atoms with Crippen LogP contribution in [0.4, 0.5) is 0 Å². The second-order valence-corrected chi connectivity index (χ2v) is 9.22. The van der Waals surface area contributed by atoms with Crippen molar-refractivity contribution >= 4 is 37.7 Å². The van der Waals surface area contributed by atoms with Gasteiger partial charge < -0.3 is 10.2 Å². The van der Waals surface area contributed by atoms with Crippen LogP contribution in [0.15, 0.2) is 0 Å². The molecular weight excluding hydrogens is 338 g/mol. The number of rotatable bonds is 10. The van der Waals surface area contributed by atoms with Crippen molar-refractivity contribution < 1.29 is 28.0 Å². The third-order valence-corrected chi connectivity index (χ3v) is 6.81. The number of carboxylic acids is 1. The normalized spacial score (nSPS) is 22.1. The van der Waals surface area contributed by atoms with Gasteiger partial charge in [-0.05, 0) is 25.7 Å². The van der Waals surface area contributed by atoms with E-state index in [2.05, 4.69) is 5.32 Å². The molecule has 1 heterocycles. The van der Waals surface area contributed by atoms with Crippen LogP contribution in [0.5, 0.6) is 0 Å². The number of carbonyl (C=O) groups is 1. The smallest absolute Gasteiger partial charge is 0.321 e. The monoisotopic (exact) mass is 359 g/mol. The van der Waals surface area contributed by atoms with E-state index in [1.165, 1.54) is 12.2 Å². The van der Waals surface area contributed by atoms with Crippen molar-refractivity contribution in [3.63, 3.8) is 0 Å². The SMILES string of the molecule is O=C(O)C(CS(=O)(=O)O)NC(O)CCCCC1CCSS1. The van der Waals surface area contributed by atoms with E-state index in [-0.39, 0.29) is 0 Å². The summed E-state index contributed by atoms with van der Waals surface area (Å²) >= 11 is 0. The van der Waals surface area contributed by atoms with Crippen LogP contribution in [-0.2, 0) is 14.9 Å². The molecule has 3 unspecified atom stereocenters. The van der Waals surface area contributed by atoms with Gasteiger partial charge in [0.2, 0.25) is 0 Å².